The lowest BCUT2D eigenvalue weighted by Gasteiger charge is -2.33. The van der Waals surface area contributed by atoms with Gasteiger partial charge in [0, 0.05) is 35.1 Å². The van der Waals surface area contributed by atoms with Crippen molar-refractivity contribution in [3.8, 4) is 11.5 Å². The molecule has 0 aliphatic carbocycles. The van der Waals surface area contributed by atoms with E-state index in [9.17, 15) is 9.59 Å². The summed E-state index contributed by atoms with van der Waals surface area (Å²) in [6.07, 6.45) is 8.55. The molecule has 0 saturated carbocycles. The molecule has 10 heteroatoms. The van der Waals surface area contributed by atoms with Crippen molar-refractivity contribution in [3.05, 3.63) is 56.5 Å². The molecule has 4 rings (SSSR count). The van der Waals surface area contributed by atoms with Crippen molar-refractivity contribution in [2.45, 2.75) is 144 Å². The molecule has 1 unspecified atom stereocenters. The van der Waals surface area contributed by atoms with Crippen molar-refractivity contribution < 1.29 is 28.5 Å². The van der Waals surface area contributed by atoms with Gasteiger partial charge in [0.1, 0.15) is 22.7 Å². The minimum atomic E-state index is -0.425. The van der Waals surface area contributed by atoms with E-state index in [0.29, 0.717) is 11.8 Å². The highest BCUT2D eigenvalue weighted by Crippen LogP contribution is 2.28. The predicted octanol–water partition coefficient (Wildman–Crippen LogP) is 11.9. The lowest BCUT2D eigenvalue weighted by Crippen LogP contribution is -2.41. The van der Waals surface area contributed by atoms with E-state index in [1.54, 1.807) is 0 Å². The maximum absolute atomic E-state index is 12.1. The lowest BCUT2D eigenvalue weighted by atomic mass is 9.91. The van der Waals surface area contributed by atoms with Crippen LogP contribution in [0.5, 0.6) is 11.5 Å². The highest BCUT2D eigenvalue weighted by Gasteiger charge is 2.28. The highest BCUT2D eigenvalue weighted by molar-refractivity contribution is 9.10. The molecule has 2 aromatic carbocycles. The minimum Gasteiger partial charge on any atom is -0.491 e. The van der Waals surface area contributed by atoms with Gasteiger partial charge in [0.05, 0.1) is 12.2 Å². The Balaban J connectivity index is 0.000000280. The summed E-state index contributed by atoms with van der Waals surface area (Å²) in [6, 6.07) is 12.2. The zero-order chi connectivity index (χ0) is 38.6. The maximum Gasteiger partial charge on any atom is 0.410 e. The molecule has 0 N–H and O–H groups in total. The molecule has 2 aliphatic rings. The number of piperidine rings is 2. The third-order valence-electron chi connectivity index (χ3n) is 9.43. The van der Waals surface area contributed by atoms with E-state index < -0.39 is 11.2 Å². The Morgan fingerprint density at radius 3 is 1.27 bits per heavy atom. The molecule has 2 fully saturated rings. The second kappa shape index (κ2) is 20.3. The van der Waals surface area contributed by atoms with Gasteiger partial charge in [-0.25, -0.2) is 9.59 Å². The smallest absolute Gasteiger partial charge is 0.410 e. The average Bonchev–Trinajstić information content (AvgIpc) is 3.05. The summed E-state index contributed by atoms with van der Waals surface area (Å²) in [6.45, 7) is 23.0. The summed E-state index contributed by atoms with van der Waals surface area (Å²) in [5.41, 5.74) is 1.52. The van der Waals surface area contributed by atoms with E-state index in [1.807, 2.05) is 75.6 Å². The number of aryl methyl sites for hydroxylation is 2. The molecule has 292 valence electrons. The summed E-state index contributed by atoms with van der Waals surface area (Å²) in [7, 11) is 0. The number of hydrogen-bond donors (Lipinski definition) is 0. The van der Waals surface area contributed by atoms with Gasteiger partial charge >= 0.3 is 12.2 Å². The summed E-state index contributed by atoms with van der Waals surface area (Å²) >= 11 is 7.03. The molecule has 8 nitrogen and oxygen atoms in total. The van der Waals surface area contributed by atoms with Crippen LogP contribution in [0.4, 0.5) is 9.59 Å². The fourth-order valence-electron chi connectivity index (χ4n) is 6.37. The number of nitrogens with zero attached hydrogens (tertiary/aromatic N) is 2. The maximum atomic E-state index is 12.1. The molecule has 2 aliphatic heterocycles. The van der Waals surface area contributed by atoms with Crippen molar-refractivity contribution in [2.75, 3.05) is 26.2 Å². The molecular weight excluding hydrogens is 788 g/mol. The van der Waals surface area contributed by atoms with E-state index >= 15 is 0 Å². The SMILES string of the molecule is Cc1cc(OC(C)CCC2CCN(C(=O)OC(C)(C)C)CC2)ccc1Br.Cc1cc(O[C@H](C)CCC2CCN(C(=O)OC(C)(C)C)CC2)ccc1Br. The lowest BCUT2D eigenvalue weighted by molar-refractivity contribution is 0.0167. The van der Waals surface area contributed by atoms with Gasteiger partial charge in [-0.15, -0.1) is 0 Å². The zero-order valence-corrected chi connectivity index (χ0v) is 36.5. The van der Waals surface area contributed by atoms with Gasteiger partial charge in [0.2, 0.25) is 0 Å². The van der Waals surface area contributed by atoms with E-state index in [0.717, 1.165) is 98.0 Å². The Morgan fingerprint density at radius 2 is 0.981 bits per heavy atom. The highest BCUT2D eigenvalue weighted by atomic mass is 79.9. The van der Waals surface area contributed by atoms with E-state index in [1.165, 1.54) is 11.1 Å². The van der Waals surface area contributed by atoms with Crippen molar-refractivity contribution in [1.82, 2.24) is 9.80 Å². The number of benzene rings is 2. The van der Waals surface area contributed by atoms with Gasteiger partial charge in [-0.3, -0.25) is 0 Å². The summed E-state index contributed by atoms with van der Waals surface area (Å²) in [4.78, 5) is 27.9. The van der Waals surface area contributed by atoms with Crippen LogP contribution in [-0.4, -0.2) is 71.6 Å². The van der Waals surface area contributed by atoms with Crippen LogP contribution in [0.3, 0.4) is 0 Å². The standard InChI is InChI=1S/2C21H32BrNO3/c2*1-15-14-18(8-9-19(15)22)25-16(2)6-7-17-10-12-23(13-11-17)20(24)26-21(3,4)5/h2*8-9,14,16-17H,6-7,10-13H2,1-5H3/t16-;/m1./s1. The number of amides is 2. The Kier molecular flexibility index (Phi) is 17.1. The molecular formula is C42H64Br2N2O6. The molecule has 0 bridgehead atoms. The first kappa shape index (κ1) is 43.9. The second-order valence-electron chi connectivity index (χ2n) is 16.7. The fourth-order valence-corrected chi connectivity index (χ4v) is 6.86. The molecule has 0 spiro atoms. The zero-order valence-electron chi connectivity index (χ0n) is 33.4. The van der Waals surface area contributed by atoms with Crippen molar-refractivity contribution in [1.29, 1.82) is 0 Å². The Hall–Kier alpha value is -2.46. The molecule has 2 saturated heterocycles. The summed E-state index contributed by atoms with van der Waals surface area (Å²) in [5, 5.41) is 0. The quantitative estimate of drug-likeness (QED) is 0.237. The number of rotatable bonds is 10. The van der Waals surface area contributed by atoms with Crippen LogP contribution in [-0.2, 0) is 9.47 Å². The Morgan fingerprint density at radius 1 is 0.654 bits per heavy atom. The molecule has 52 heavy (non-hydrogen) atoms. The fraction of sp³-hybridized carbons (Fsp3) is 0.667. The number of ether oxygens (including phenoxy) is 4. The van der Waals surface area contributed by atoms with E-state index in [2.05, 4.69) is 71.7 Å². The number of halogens is 2. The molecule has 0 radical (unpaired) electrons. The number of likely N-dealkylation sites (tertiary alicyclic amines) is 2. The second-order valence-corrected chi connectivity index (χ2v) is 18.4. The van der Waals surface area contributed by atoms with Crippen molar-refractivity contribution >= 4 is 44.0 Å². The Labute approximate surface area is 330 Å². The number of carbonyl (C=O) groups excluding carboxylic acids is 2. The molecule has 2 atom stereocenters. The van der Waals surface area contributed by atoms with Crippen LogP contribution < -0.4 is 9.47 Å². The van der Waals surface area contributed by atoms with Crippen LogP contribution in [0.2, 0.25) is 0 Å². The van der Waals surface area contributed by atoms with Gasteiger partial charge in [0.25, 0.3) is 0 Å². The van der Waals surface area contributed by atoms with Crippen molar-refractivity contribution in [2.24, 2.45) is 11.8 Å². The monoisotopic (exact) mass is 850 g/mol. The van der Waals surface area contributed by atoms with E-state index in [4.69, 9.17) is 18.9 Å². The van der Waals surface area contributed by atoms with Gasteiger partial charge < -0.3 is 28.7 Å². The third kappa shape index (κ3) is 16.3. The first-order valence-electron chi connectivity index (χ1n) is 19.1. The number of hydrogen-bond acceptors (Lipinski definition) is 6. The summed E-state index contributed by atoms with van der Waals surface area (Å²) < 4.78 is 25.2. The molecule has 2 heterocycles. The topological polar surface area (TPSA) is 77.5 Å². The molecule has 2 amide bonds. The molecule has 0 aromatic heterocycles. The first-order valence-corrected chi connectivity index (χ1v) is 20.7. The van der Waals surface area contributed by atoms with Crippen LogP contribution >= 0.6 is 31.9 Å². The first-order chi connectivity index (χ1) is 24.3. The van der Waals surface area contributed by atoms with Crippen LogP contribution in [0, 0.1) is 25.7 Å². The molecule has 2 aromatic rings. The number of carbonyl (C=O) groups is 2. The largest absolute Gasteiger partial charge is 0.491 e. The van der Waals surface area contributed by atoms with Crippen LogP contribution in [0.15, 0.2) is 45.3 Å². The minimum absolute atomic E-state index is 0.182. The van der Waals surface area contributed by atoms with E-state index in [-0.39, 0.29) is 24.4 Å². The van der Waals surface area contributed by atoms with Gasteiger partial charge in [-0.1, -0.05) is 31.9 Å². The Bertz CT molecular complexity index is 1320. The third-order valence-corrected chi connectivity index (χ3v) is 11.2. The van der Waals surface area contributed by atoms with Crippen LogP contribution in [0.1, 0.15) is 118 Å². The van der Waals surface area contributed by atoms with Gasteiger partial charge in [0.15, 0.2) is 0 Å². The normalized spacial score (nSPS) is 17.1. The average molecular weight is 853 g/mol. The van der Waals surface area contributed by atoms with Gasteiger partial charge in [-0.2, -0.15) is 0 Å². The van der Waals surface area contributed by atoms with Crippen LogP contribution in [0.25, 0.3) is 0 Å². The van der Waals surface area contributed by atoms with Gasteiger partial charge in [-0.05, 0) is 180 Å². The summed E-state index contributed by atoms with van der Waals surface area (Å²) in [5.74, 6) is 3.17. The predicted molar refractivity (Wildman–Crippen MR) is 217 cm³/mol. The van der Waals surface area contributed by atoms with Crippen molar-refractivity contribution in [3.63, 3.8) is 0 Å².